The van der Waals surface area contributed by atoms with Gasteiger partial charge in [-0.1, -0.05) is 219 Å². The molecule has 0 bridgehead atoms. The SMILES string of the molecule is CC/C=C\C/C=C\C/C=C\C/C=C\C/C=C\CC(=O)OCC(COP(=O)(O)OCC(CO)OC(=O)CCCCCCCCC/C=C\C/C=C\C/C=C\CC)OC(=O)CCCCCCCCC/C=C\C/C=C\C/C=C\CC. The Morgan fingerprint density at radius 2 is 0.684 bits per heavy atom. The molecule has 0 amide bonds. The summed E-state index contributed by atoms with van der Waals surface area (Å²) in [6.07, 6.45) is 71.5. The fourth-order valence-corrected chi connectivity index (χ4v) is 8.06. The maximum atomic E-state index is 12.9. The summed E-state index contributed by atoms with van der Waals surface area (Å²) in [6.45, 7) is 4.16. The quantitative estimate of drug-likeness (QED) is 0.0197. The predicted molar refractivity (Wildman–Crippen MR) is 316 cm³/mol. The van der Waals surface area contributed by atoms with Crippen molar-refractivity contribution >= 4 is 25.7 Å². The van der Waals surface area contributed by atoms with E-state index in [1.165, 1.54) is 6.42 Å². The molecule has 0 heterocycles. The molecule has 0 saturated heterocycles. The second-order valence-corrected chi connectivity index (χ2v) is 20.1. The van der Waals surface area contributed by atoms with Gasteiger partial charge in [-0.05, 0) is 109 Å². The molecule has 0 radical (unpaired) electrons. The first-order valence-electron chi connectivity index (χ1n) is 29.1. The molecule has 0 fully saturated rings. The lowest BCUT2D eigenvalue weighted by molar-refractivity contribution is -0.161. The highest BCUT2D eigenvalue weighted by Crippen LogP contribution is 2.43. The van der Waals surface area contributed by atoms with Crippen LogP contribution in [0.1, 0.15) is 213 Å². The van der Waals surface area contributed by atoms with E-state index in [0.29, 0.717) is 19.3 Å². The maximum Gasteiger partial charge on any atom is 0.472 e. The standard InChI is InChI=1S/C64H103O11P/c1-4-7-10-13-16-19-22-25-28-30-33-36-39-42-45-48-51-54-63(67)74-60(56-65)58-72-76(69,70)73-59-61(57-71-62(66)53-50-47-44-41-38-35-32-27-24-21-18-15-12-9-6-3)75-64(68)55-52-49-46-43-40-37-34-31-29-26-23-20-17-14-11-8-5-2/h7-12,16-21,25-29,32,38,41,47,50,60-61,65H,4-6,13-15,22-24,30-31,33-37,39-40,42-46,48-49,51-59H2,1-3H3,(H,69,70)/b10-7-,11-8-,12-9-,19-16-,20-17-,21-18-,28-25-,29-26-,32-27-,41-38-,50-47-. The van der Waals surface area contributed by atoms with E-state index in [1.807, 2.05) is 12.2 Å². The maximum absolute atomic E-state index is 12.9. The average Bonchev–Trinajstić information content (AvgIpc) is 3.41. The minimum absolute atomic E-state index is 0.0152. The molecular weight excluding hydrogens is 976 g/mol. The number of hydrogen-bond acceptors (Lipinski definition) is 10. The summed E-state index contributed by atoms with van der Waals surface area (Å²) >= 11 is 0. The highest BCUT2D eigenvalue weighted by atomic mass is 31.2. The normalized spacial score (nSPS) is 14.3. The summed E-state index contributed by atoms with van der Waals surface area (Å²) in [5, 5.41) is 9.83. The van der Waals surface area contributed by atoms with Crippen molar-refractivity contribution in [1.29, 1.82) is 0 Å². The summed E-state index contributed by atoms with van der Waals surface area (Å²) in [6, 6.07) is 0. The number of aliphatic hydroxyl groups excluding tert-OH is 1. The third-order valence-electron chi connectivity index (χ3n) is 11.6. The van der Waals surface area contributed by atoms with Crippen molar-refractivity contribution in [1.82, 2.24) is 0 Å². The molecule has 76 heavy (non-hydrogen) atoms. The number of ether oxygens (including phenoxy) is 3. The molecule has 0 saturated carbocycles. The van der Waals surface area contributed by atoms with E-state index in [-0.39, 0.29) is 19.3 Å². The third kappa shape index (κ3) is 54.4. The summed E-state index contributed by atoms with van der Waals surface area (Å²) < 4.78 is 39.4. The summed E-state index contributed by atoms with van der Waals surface area (Å²) in [5.74, 6) is -1.65. The third-order valence-corrected chi connectivity index (χ3v) is 12.5. The number of phosphoric acid groups is 1. The van der Waals surface area contributed by atoms with E-state index in [9.17, 15) is 28.9 Å². The first-order valence-corrected chi connectivity index (χ1v) is 30.6. The minimum Gasteiger partial charge on any atom is -0.461 e. The zero-order valence-electron chi connectivity index (χ0n) is 47.4. The predicted octanol–water partition coefficient (Wildman–Crippen LogP) is 17.4. The molecule has 3 atom stereocenters. The molecule has 0 aromatic heterocycles. The first kappa shape index (κ1) is 71.6. The van der Waals surface area contributed by atoms with Gasteiger partial charge in [0.1, 0.15) is 12.7 Å². The highest BCUT2D eigenvalue weighted by Gasteiger charge is 2.28. The van der Waals surface area contributed by atoms with E-state index in [0.717, 1.165) is 148 Å². The van der Waals surface area contributed by atoms with E-state index in [4.69, 9.17) is 23.3 Å². The topological polar surface area (TPSA) is 155 Å². The van der Waals surface area contributed by atoms with Gasteiger partial charge in [0.05, 0.1) is 26.2 Å². The lowest BCUT2D eigenvalue weighted by atomic mass is 10.1. The largest absolute Gasteiger partial charge is 0.472 e. The van der Waals surface area contributed by atoms with E-state index < -0.39 is 64.4 Å². The molecule has 2 N–H and O–H groups in total. The molecule has 0 spiro atoms. The van der Waals surface area contributed by atoms with Crippen molar-refractivity contribution in [2.45, 2.75) is 226 Å². The number of hydrogen-bond donors (Lipinski definition) is 2. The number of phosphoric ester groups is 1. The van der Waals surface area contributed by atoms with Gasteiger partial charge in [0.2, 0.25) is 0 Å². The molecule has 11 nitrogen and oxygen atoms in total. The van der Waals surface area contributed by atoms with Crippen LogP contribution in [0.2, 0.25) is 0 Å². The van der Waals surface area contributed by atoms with Crippen LogP contribution in [0.5, 0.6) is 0 Å². The van der Waals surface area contributed by atoms with Crippen molar-refractivity contribution in [3.8, 4) is 0 Å². The molecule has 430 valence electrons. The number of carbonyl (C=O) groups excluding carboxylic acids is 3. The Labute approximate surface area is 461 Å². The van der Waals surface area contributed by atoms with Gasteiger partial charge in [-0.3, -0.25) is 23.4 Å². The van der Waals surface area contributed by atoms with Crippen LogP contribution in [-0.2, 0) is 42.2 Å². The van der Waals surface area contributed by atoms with Crippen molar-refractivity contribution in [3.05, 3.63) is 134 Å². The molecule has 0 aromatic carbocycles. The number of rotatable bonds is 52. The van der Waals surface area contributed by atoms with Crippen LogP contribution in [0.4, 0.5) is 0 Å². The van der Waals surface area contributed by atoms with Gasteiger partial charge in [0.25, 0.3) is 0 Å². The molecular formula is C64H103O11P. The highest BCUT2D eigenvalue weighted by molar-refractivity contribution is 7.47. The van der Waals surface area contributed by atoms with Gasteiger partial charge >= 0.3 is 25.7 Å². The summed E-state index contributed by atoms with van der Waals surface area (Å²) in [5.41, 5.74) is 0. The van der Waals surface area contributed by atoms with Crippen LogP contribution < -0.4 is 0 Å². The van der Waals surface area contributed by atoms with Gasteiger partial charge in [0.15, 0.2) is 6.10 Å². The number of aliphatic hydroxyl groups is 1. The number of carbonyl (C=O) groups is 3. The van der Waals surface area contributed by atoms with Gasteiger partial charge in [-0.2, -0.15) is 0 Å². The van der Waals surface area contributed by atoms with Crippen LogP contribution in [0.3, 0.4) is 0 Å². The Balaban J connectivity index is 4.84. The van der Waals surface area contributed by atoms with Crippen LogP contribution in [-0.4, -0.2) is 66.5 Å². The number of esters is 3. The van der Waals surface area contributed by atoms with Crippen LogP contribution in [0.15, 0.2) is 134 Å². The molecule has 12 heteroatoms. The summed E-state index contributed by atoms with van der Waals surface area (Å²) in [7, 11) is -4.78. The fraction of sp³-hybridized carbons (Fsp3) is 0.609. The van der Waals surface area contributed by atoms with E-state index in [1.54, 1.807) is 6.08 Å². The Morgan fingerprint density at radius 3 is 1.05 bits per heavy atom. The Morgan fingerprint density at radius 1 is 0.382 bits per heavy atom. The second-order valence-electron chi connectivity index (χ2n) is 18.7. The Bertz CT molecular complexity index is 1780. The monoisotopic (exact) mass is 1080 g/mol. The first-order chi connectivity index (χ1) is 37.2. The Hall–Kier alpha value is -4.38. The van der Waals surface area contributed by atoms with Crippen LogP contribution >= 0.6 is 7.82 Å². The van der Waals surface area contributed by atoms with Gasteiger partial charge in [0, 0.05) is 12.8 Å². The van der Waals surface area contributed by atoms with Crippen molar-refractivity contribution < 1.29 is 52.2 Å². The van der Waals surface area contributed by atoms with Crippen molar-refractivity contribution in [3.63, 3.8) is 0 Å². The molecule has 3 unspecified atom stereocenters. The molecule has 0 aliphatic carbocycles. The second kappa shape index (κ2) is 56.8. The molecule has 0 aromatic rings. The van der Waals surface area contributed by atoms with Crippen LogP contribution in [0, 0.1) is 0 Å². The Kier molecular flexibility index (Phi) is 53.5. The van der Waals surface area contributed by atoms with Crippen molar-refractivity contribution in [2.75, 3.05) is 26.4 Å². The van der Waals surface area contributed by atoms with Crippen LogP contribution in [0.25, 0.3) is 0 Å². The van der Waals surface area contributed by atoms with E-state index >= 15 is 0 Å². The zero-order chi connectivity index (χ0) is 55.5. The van der Waals surface area contributed by atoms with Gasteiger partial charge in [-0.15, -0.1) is 0 Å². The summed E-state index contributed by atoms with van der Waals surface area (Å²) in [4.78, 5) is 48.5. The average molecular weight is 1080 g/mol. The number of unbranched alkanes of at least 4 members (excludes halogenated alkanes) is 14. The molecule has 0 aliphatic rings. The van der Waals surface area contributed by atoms with Gasteiger partial charge < -0.3 is 24.2 Å². The van der Waals surface area contributed by atoms with E-state index in [2.05, 4.69) is 136 Å². The fourth-order valence-electron chi connectivity index (χ4n) is 7.28. The lowest BCUT2D eigenvalue weighted by Gasteiger charge is -2.21. The molecule has 0 aliphatic heterocycles. The zero-order valence-corrected chi connectivity index (χ0v) is 48.3. The number of allylic oxidation sites excluding steroid dienone is 21. The smallest absolute Gasteiger partial charge is 0.461 e. The van der Waals surface area contributed by atoms with Gasteiger partial charge in [-0.25, -0.2) is 4.57 Å². The molecule has 0 rings (SSSR count). The lowest BCUT2D eigenvalue weighted by Crippen LogP contribution is -2.30. The van der Waals surface area contributed by atoms with Crippen molar-refractivity contribution in [2.24, 2.45) is 0 Å². The minimum atomic E-state index is -4.78.